The Morgan fingerprint density at radius 2 is 1.79 bits per heavy atom. The van der Waals surface area contributed by atoms with Gasteiger partial charge in [-0.15, -0.1) is 0 Å². The molecule has 2 aliphatic heterocycles. The van der Waals surface area contributed by atoms with E-state index >= 15 is 0 Å². The summed E-state index contributed by atoms with van der Waals surface area (Å²) < 4.78 is 14.7. The molecule has 3 heterocycles. The average molecular weight is 397 g/mol. The molecular formula is C21H24FN5O2. The van der Waals surface area contributed by atoms with Crippen LogP contribution in [0.3, 0.4) is 0 Å². The minimum atomic E-state index is -0.894. The molecule has 0 radical (unpaired) electrons. The summed E-state index contributed by atoms with van der Waals surface area (Å²) in [7, 11) is 1.53. The first-order valence-corrected chi connectivity index (χ1v) is 9.86. The number of imide groups is 1. The van der Waals surface area contributed by atoms with Crippen LogP contribution in [0.1, 0.15) is 31.0 Å². The number of hydrogen-bond acceptors (Lipinski definition) is 5. The van der Waals surface area contributed by atoms with Crippen LogP contribution in [0.25, 0.3) is 0 Å². The van der Waals surface area contributed by atoms with Crippen LogP contribution in [0.5, 0.6) is 0 Å². The van der Waals surface area contributed by atoms with Crippen molar-refractivity contribution in [3.05, 3.63) is 53.7 Å². The minimum Gasteiger partial charge on any atom is -0.354 e. The zero-order chi connectivity index (χ0) is 20.6. The Labute approximate surface area is 169 Å². The van der Waals surface area contributed by atoms with Crippen molar-refractivity contribution in [3.63, 3.8) is 0 Å². The number of piperidine rings is 1. The Balaban J connectivity index is 1.59. The summed E-state index contributed by atoms with van der Waals surface area (Å²) in [5, 5.41) is 0. The maximum Gasteiger partial charge on any atom is 0.327 e. The molecule has 1 spiro atoms. The number of anilines is 1. The third-order valence-electron chi connectivity index (χ3n) is 5.99. The second kappa shape index (κ2) is 7.42. The average Bonchev–Trinajstić information content (AvgIpc) is 2.92. The molecule has 4 rings (SSSR count). The van der Waals surface area contributed by atoms with E-state index in [9.17, 15) is 14.0 Å². The van der Waals surface area contributed by atoms with E-state index in [1.807, 2.05) is 42.2 Å². The number of rotatable bonds is 4. The molecule has 2 aliphatic rings. The molecule has 0 atom stereocenters. The fraction of sp³-hybridized carbons (Fsp3) is 0.429. The molecule has 7 nitrogen and oxygen atoms in total. The van der Waals surface area contributed by atoms with Crippen molar-refractivity contribution in [3.8, 4) is 0 Å². The lowest BCUT2D eigenvalue weighted by atomic mass is 9.85. The Morgan fingerprint density at radius 1 is 1.10 bits per heavy atom. The van der Waals surface area contributed by atoms with Crippen LogP contribution >= 0.6 is 0 Å². The SMILES string of the molecule is CCc1ncnc(N2CCC3(CC2)C(=O)N(C)C(=O)N3Cc2ccccc2)c1F. The Kier molecular flexibility index (Phi) is 4.94. The van der Waals surface area contributed by atoms with Gasteiger partial charge in [0.25, 0.3) is 5.91 Å². The summed E-state index contributed by atoms with van der Waals surface area (Å²) in [4.78, 5) is 38.7. The van der Waals surface area contributed by atoms with Gasteiger partial charge in [-0.05, 0) is 24.8 Å². The largest absolute Gasteiger partial charge is 0.354 e. The Morgan fingerprint density at radius 3 is 2.45 bits per heavy atom. The van der Waals surface area contributed by atoms with Crippen molar-refractivity contribution < 1.29 is 14.0 Å². The van der Waals surface area contributed by atoms with E-state index in [1.165, 1.54) is 18.3 Å². The molecule has 0 saturated carbocycles. The third-order valence-corrected chi connectivity index (χ3v) is 5.99. The summed E-state index contributed by atoms with van der Waals surface area (Å²) in [5.74, 6) is -0.319. The van der Waals surface area contributed by atoms with Crippen molar-refractivity contribution in [1.82, 2.24) is 19.8 Å². The lowest BCUT2D eigenvalue weighted by molar-refractivity contribution is -0.133. The standard InChI is InChI=1S/C21H24FN5O2/c1-3-16-17(22)18(24-14-23-16)26-11-9-21(10-12-26)19(28)25(2)20(29)27(21)13-15-7-5-4-6-8-15/h4-8,14H,3,9-13H2,1-2H3. The molecule has 8 heteroatoms. The van der Waals surface area contributed by atoms with E-state index in [1.54, 1.807) is 4.90 Å². The summed E-state index contributed by atoms with van der Waals surface area (Å²) in [5.41, 5.74) is 0.461. The van der Waals surface area contributed by atoms with Crippen LogP contribution in [-0.2, 0) is 17.8 Å². The van der Waals surface area contributed by atoms with Gasteiger partial charge < -0.3 is 9.80 Å². The van der Waals surface area contributed by atoms with Crippen LogP contribution in [0.15, 0.2) is 36.7 Å². The van der Waals surface area contributed by atoms with Crippen molar-refractivity contribution in [2.75, 3.05) is 25.0 Å². The molecule has 0 N–H and O–H groups in total. The van der Waals surface area contributed by atoms with Crippen LogP contribution in [0.4, 0.5) is 15.0 Å². The molecule has 3 amide bonds. The van der Waals surface area contributed by atoms with E-state index in [2.05, 4.69) is 9.97 Å². The summed E-state index contributed by atoms with van der Waals surface area (Å²) in [6.45, 7) is 3.10. The number of urea groups is 1. The lowest BCUT2D eigenvalue weighted by Gasteiger charge is -2.42. The lowest BCUT2D eigenvalue weighted by Crippen LogP contribution is -2.56. The molecule has 1 aromatic heterocycles. The number of aryl methyl sites for hydroxylation is 1. The highest BCUT2D eigenvalue weighted by molar-refractivity contribution is 6.06. The van der Waals surface area contributed by atoms with Crippen molar-refractivity contribution in [2.24, 2.45) is 0 Å². The van der Waals surface area contributed by atoms with E-state index in [0.29, 0.717) is 44.6 Å². The van der Waals surface area contributed by atoms with Gasteiger partial charge in [-0.1, -0.05) is 37.3 Å². The van der Waals surface area contributed by atoms with Crippen molar-refractivity contribution >= 4 is 17.8 Å². The van der Waals surface area contributed by atoms with Crippen LogP contribution in [0, 0.1) is 5.82 Å². The zero-order valence-electron chi connectivity index (χ0n) is 16.6. The molecule has 29 heavy (non-hydrogen) atoms. The molecule has 152 valence electrons. The predicted molar refractivity (Wildman–Crippen MR) is 106 cm³/mol. The van der Waals surface area contributed by atoms with Crippen LogP contribution < -0.4 is 4.90 Å². The number of carbonyl (C=O) groups excluding carboxylic acids is 2. The molecule has 0 unspecified atom stereocenters. The number of halogens is 1. The van der Waals surface area contributed by atoms with Crippen LogP contribution in [-0.4, -0.2) is 57.4 Å². The van der Waals surface area contributed by atoms with E-state index in [4.69, 9.17) is 0 Å². The Hall–Kier alpha value is -3.03. The van der Waals surface area contributed by atoms with E-state index < -0.39 is 11.4 Å². The number of benzene rings is 1. The minimum absolute atomic E-state index is 0.185. The van der Waals surface area contributed by atoms with E-state index in [0.717, 1.165) is 5.56 Å². The first kappa shape index (κ1) is 19.3. The molecular weight excluding hydrogens is 373 g/mol. The number of likely N-dealkylation sites (N-methyl/N-ethyl adjacent to an activating group) is 1. The zero-order valence-corrected chi connectivity index (χ0v) is 16.6. The van der Waals surface area contributed by atoms with Gasteiger partial charge in [0.05, 0.1) is 5.69 Å². The van der Waals surface area contributed by atoms with Gasteiger partial charge >= 0.3 is 6.03 Å². The molecule has 0 bridgehead atoms. The first-order valence-electron chi connectivity index (χ1n) is 9.86. The number of amides is 3. The second-order valence-corrected chi connectivity index (χ2v) is 7.55. The number of aromatic nitrogens is 2. The van der Waals surface area contributed by atoms with Gasteiger partial charge in [0.15, 0.2) is 11.6 Å². The fourth-order valence-electron chi connectivity index (χ4n) is 4.30. The van der Waals surface area contributed by atoms with Crippen molar-refractivity contribution in [2.45, 2.75) is 38.3 Å². The normalized spacial score (nSPS) is 18.8. The third kappa shape index (κ3) is 3.12. The first-order chi connectivity index (χ1) is 14.0. The maximum atomic E-state index is 14.7. The molecule has 2 aromatic rings. The summed E-state index contributed by atoms with van der Waals surface area (Å²) in [6.07, 6.45) is 2.72. The van der Waals surface area contributed by atoms with Crippen molar-refractivity contribution in [1.29, 1.82) is 0 Å². The van der Waals surface area contributed by atoms with Gasteiger partial charge in [0.2, 0.25) is 0 Å². The van der Waals surface area contributed by atoms with Gasteiger partial charge in [-0.25, -0.2) is 19.2 Å². The van der Waals surface area contributed by atoms with Gasteiger partial charge in [0, 0.05) is 26.7 Å². The Bertz CT molecular complexity index is 928. The van der Waals surface area contributed by atoms with Crippen LogP contribution in [0.2, 0.25) is 0 Å². The second-order valence-electron chi connectivity index (χ2n) is 7.55. The van der Waals surface area contributed by atoms with Gasteiger partial charge in [-0.3, -0.25) is 9.69 Å². The number of hydrogen-bond donors (Lipinski definition) is 0. The highest BCUT2D eigenvalue weighted by atomic mass is 19.1. The number of carbonyl (C=O) groups is 2. The highest BCUT2D eigenvalue weighted by Gasteiger charge is 2.56. The molecule has 2 saturated heterocycles. The van der Waals surface area contributed by atoms with Gasteiger partial charge in [0.1, 0.15) is 11.9 Å². The number of nitrogens with zero attached hydrogens (tertiary/aromatic N) is 5. The molecule has 2 fully saturated rings. The predicted octanol–water partition coefficient (Wildman–Crippen LogP) is 2.61. The maximum absolute atomic E-state index is 14.7. The summed E-state index contributed by atoms with van der Waals surface area (Å²) >= 11 is 0. The van der Waals surface area contributed by atoms with E-state index in [-0.39, 0.29) is 17.8 Å². The molecule has 0 aliphatic carbocycles. The summed E-state index contributed by atoms with van der Waals surface area (Å²) in [6, 6.07) is 9.36. The topological polar surface area (TPSA) is 69.6 Å². The highest BCUT2D eigenvalue weighted by Crippen LogP contribution is 2.39. The van der Waals surface area contributed by atoms with Gasteiger partial charge in [-0.2, -0.15) is 0 Å². The monoisotopic (exact) mass is 397 g/mol. The quantitative estimate of drug-likeness (QED) is 0.742. The smallest absolute Gasteiger partial charge is 0.327 e. The fourth-order valence-corrected chi connectivity index (χ4v) is 4.30. The molecule has 1 aromatic carbocycles.